The Morgan fingerprint density at radius 1 is 0.477 bits per heavy atom. The predicted molar refractivity (Wildman–Crippen MR) is 121 cm³/mol. The van der Waals surface area contributed by atoms with Gasteiger partial charge in [-0.3, -0.25) is 0 Å². The second-order valence-corrected chi connectivity index (χ2v) is 8.40. The van der Waals surface area contributed by atoms with E-state index in [9.17, 15) is 63.2 Å². The average Bonchev–Trinajstić information content (AvgIpc) is 3.69. The summed E-state index contributed by atoms with van der Waals surface area (Å²) in [4.78, 5) is 0. The summed E-state index contributed by atoms with van der Waals surface area (Å²) in [6.45, 7) is 0. The molecule has 1 fully saturated rings. The molecule has 0 atom stereocenters. The van der Waals surface area contributed by atoms with Crippen LogP contribution < -0.4 is 0 Å². The van der Waals surface area contributed by atoms with Crippen molar-refractivity contribution in [1.29, 1.82) is 21.0 Å². The third-order valence-corrected chi connectivity index (χ3v) is 6.13. The predicted octanol–water partition coefficient (Wildman–Crippen LogP) is 7.45. The Bertz CT molecular complexity index is 2050. The molecule has 4 rings (SSSR count). The summed E-state index contributed by atoms with van der Waals surface area (Å²) in [6.07, 6.45) is 0.00889. The minimum absolute atomic E-state index is 0.00889. The van der Waals surface area contributed by atoms with E-state index in [2.05, 4.69) is 0 Å². The minimum Gasteiger partial charge on any atom is -0.204 e. The fraction of sp³-hybridized carbons (Fsp3) is 0. The van der Waals surface area contributed by atoms with Gasteiger partial charge in [0.25, 0.3) is 0 Å². The molecule has 3 aromatic carbocycles. The first-order valence-electron chi connectivity index (χ1n) is 11.1. The summed E-state index contributed by atoms with van der Waals surface area (Å²) in [5.41, 5.74) is -15.7. The van der Waals surface area contributed by atoms with Gasteiger partial charge < -0.3 is 0 Å². The lowest BCUT2D eigenvalue weighted by Gasteiger charge is -2.07. The molecule has 3 aromatic rings. The first kappa shape index (κ1) is 30.9. The van der Waals surface area contributed by atoms with E-state index in [-0.39, 0.29) is 12.1 Å². The maximum atomic E-state index is 14.9. The zero-order chi connectivity index (χ0) is 32.9. The van der Waals surface area contributed by atoms with Crippen LogP contribution in [0.15, 0.2) is 22.8 Å². The van der Waals surface area contributed by atoms with Crippen LogP contribution >= 0.6 is 0 Å². The monoisotopic (exact) mass is 622 g/mol. The van der Waals surface area contributed by atoms with E-state index < -0.39 is 125 Å². The summed E-state index contributed by atoms with van der Waals surface area (Å²) in [6, 6.07) is 3.43. The Morgan fingerprint density at radius 2 is 0.818 bits per heavy atom. The van der Waals surface area contributed by atoms with Gasteiger partial charge in [0.15, 0.2) is 69.8 Å². The number of hydrogen-bond donors (Lipinski definition) is 0. The topological polar surface area (TPSA) is 95.2 Å². The molecule has 0 radical (unpaired) electrons. The zero-order valence-corrected chi connectivity index (χ0v) is 20.5. The lowest BCUT2D eigenvalue weighted by molar-refractivity contribution is 0.447. The van der Waals surface area contributed by atoms with Crippen LogP contribution in [-0.2, 0) is 0 Å². The minimum atomic E-state index is -2.42. The molecule has 0 N–H and O–H groups in total. The summed E-state index contributed by atoms with van der Waals surface area (Å²) in [5.74, 6) is -27.5. The number of halogens is 12. The normalized spacial score (nSPS) is 15.3. The van der Waals surface area contributed by atoms with E-state index in [4.69, 9.17) is 10.5 Å². The Hall–Kier alpha value is -6.00. The fourth-order valence-corrected chi connectivity index (χ4v) is 4.10. The van der Waals surface area contributed by atoms with Crippen LogP contribution in [0.1, 0.15) is 27.8 Å². The highest BCUT2D eigenvalue weighted by atomic mass is 19.2. The van der Waals surface area contributed by atoms with Crippen molar-refractivity contribution in [1.82, 2.24) is 0 Å². The van der Waals surface area contributed by atoms with Crippen molar-refractivity contribution in [3.05, 3.63) is 120 Å². The van der Waals surface area contributed by atoms with Gasteiger partial charge in [-0.25, -0.2) is 52.7 Å². The van der Waals surface area contributed by atoms with Crippen LogP contribution in [0.2, 0.25) is 0 Å². The van der Waals surface area contributed by atoms with Crippen molar-refractivity contribution < 1.29 is 52.7 Å². The van der Waals surface area contributed by atoms with Crippen molar-refractivity contribution in [2.45, 2.75) is 0 Å². The lowest BCUT2D eigenvalue weighted by atomic mass is 9.99. The Kier molecular flexibility index (Phi) is 7.74. The number of nitriles is 4. The van der Waals surface area contributed by atoms with Crippen LogP contribution in [0, 0.1) is 115 Å². The van der Waals surface area contributed by atoms with Gasteiger partial charge in [-0.15, -0.1) is 0 Å². The molecule has 1 aliphatic carbocycles. The van der Waals surface area contributed by atoms with Gasteiger partial charge >= 0.3 is 0 Å². The van der Waals surface area contributed by atoms with Gasteiger partial charge in [0, 0.05) is 17.2 Å². The molecule has 1 saturated carbocycles. The van der Waals surface area contributed by atoms with Gasteiger partial charge in [0.1, 0.15) is 35.4 Å². The molecule has 1 aliphatic rings. The van der Waals surface area contributed by atoms with Crippen molar-refractivity contribution >= 4 is 17.2 Å². The Balaban J connectivity index is 2.25. The smallest absolute Gasteiger partial charge is 0.180 e. The molecule has 0 heterocycles. The summed E-state index contributed by atoms with van der Waals surface area (Å²) >= 11 is 0. The fourth-order valence-electron chi connectivity index (χ4n) is 4.10. The van der Waals surface area contributed by atoms with E-state index in [1.165, 1.54) is 0 Å². The first-order chi connectivity index (χ1) is 20.7. The summed E-state index contributed by atoms with van der Waals surface area (Å²) in [7, 11) is 0. The molecular weight excluding hydrogens is 620 g/mol. The van der Waals surface area contributed by atoms with Gasteiger partial charge in [0.2, 0.25) is 0 Å². The van der Waals surface area contributed by atoms with Crippen molar-refractivity contribution in [2.24, 2.45) is 0 Å². The molecule has 44 heavy (non-hydrogen) atoms. The lowest BCUT2D eigenvalue weighted by Crippen LogP contribution is -2.06. The first-order valence-corrected chi connectivity index (χ1v) is 11.1. The molecule has 0 aliphatic heterocycles. The quantitative estimate of drug-likeness (QED) is 0.172. The molecule has 0 saturated heterocycles. The number of benzene rings is 3. The molecule has 16 heteroatoms. The van der Waals surface area contributed by atoms with Crippen LogP contribution in [0.5, 0.6) is 0 Å². The van der Waals surface area contributed by atoms with Crippen LogP contribution in [0.4, 0.5) is 52.7 Å². The highest BCUT2D eigenvalue weighted by Crippen LogP contribution is 2.55. The molecular formula is C28H2F12N4. The summed E-state index contributed by atoms with van der Waals surface area (Å²) in [5, 5.41) is 36.9. The van der Waals surface area contributed by atoms with E-state index in [0.717, 1.165) is 24.3 Å². The second-order valence-electron chi connectivity index (χ2n) is 8.40. The molecule has 0 bridgehead atoms. The third kappa shape index (κ3) is 4.41. The molecule has 0 unspecified atom stereocenters. The van der Waals surface area contributed by atoms with Crippen LogP contribution in [0.3, 0.4) is 0 Å². The third-order valence-electron chi connectivity index (χ3n) is 6.13. The van der Waals surface area contributed by atoms with E-state index in [0.29, 0.717) is 0 Å². The summed E-state index contributed by atoms with van der Waals surface area (Å²) < 4.78 is 174. The highest BCUT2D eigenvalue weighted by Gasteiger charge is 2.43. The van der Waals surface area contributed by atoms with Gasteiger partial charge in [0.05, 0.1) is 27.8 Å². The van der Waals surface area contributed by atoms with E-state index >= 15 is 0 Å². The molecule has 0 spiro atoms. The molecule has 0 amide bonds. The van der Waals surface area contributed by atoms with Crippen molar-refractivity contribution in [3.8, 4) is 24.3 Å². The van der Waals surface area contributed by atoms with Crippen LogP contribution in [-0.4, -0.2) is 0 Å². The van der Waals surface area contributed by atoms with Crippen molar-refractivity contribution in [2.75, 3.05) is 0 Å². The second kappa shape index (κ2) is 11.0. The van der Waals surface area contributed by atoms with Gasteiger partial charge in [-0.2, -0.15) is 21.0 Å². The van der Waals surface area contributed by atoms with Gasteiger partial charge in [-0.1, -0.05) is 0 Å². The van der Waals surface area contributed by atoms with Gasteiger partial charge in [-0.05, 0) is 11.6 Å². The average molecular weight is 622 g/mol. The Morgan fingerprint density at radius 3 is 1.16 bits per heavy atom. The standard InChI is InChI=1S/C28H2F12N4/c29-13-2-14(30)26(38)17(25(13)37)9(3-41)15-7(1-8-19(31)21(33)11(5-43)22(34)20(8)32)16(15)10(4-42)18-27(39)23(35)12(6-44)24(36)28(18)40/h1-2H/b7-1-,15-9+,16-10-. The largest absolute Gasteiger partial charge is 0.204 e. The van der Waals surface area contributed by atoms with Crippen molar-refractivity contribution in [3.63, 3.8) is 0 Å². The number of allylic oxidation sites excluding steroid dienone is 5. The van der Waals surface area contributed by atoms with E-state index in [1.54, 1.807) is 0 Å². The highest BCUT2D eigenvalue weighted by molar-refractivity contribution is 6.08. The number of nitrogens with zero attached hydrogens (tertiary/aromatic N) is 4. The Labute approximate surface area is 236 Å². The van der Waals surface area contributed by atoms with E-state index in [1.807, 2.05) is 0 Å². The molecule has 0 aromatic heterocycles. The molecule has 4 nitrogen and oxygen atoms in total. The zero-order valence-electron chi connectivity index (χ0n) is 20.5. The maximum absolute atomic E-state index is 14.9. The SMILES string of the molecule is N#C/C(=C1/C(=C/c2c(F)c(F)c(C#N)c(F)c2F)/C1=C(\C#N)c1c(F)c(F)c(C#N)c(F)c1F)c1c(F)c(F)cc(F)c1F. The number of rotatable bonds is 3. The number of hydrogen-bond acceptors (Lipinski definition) is 4. The maximum Gasteiger partial charge on any atom is 0.180 e. The molecule has 218 valence electrons. The van der Waals surface area contributed by atoms with Crippen LogP contribution in [0.25, 0.3) is 17.2 Å².